The summed E-state index contributed by atoms with van der Waals surface area (Å²) in [4.78, 5) is 3.95. The number of hydrogen-bond acceptors (Lipinski definition) is 4. The van der Waals surface area contributed by atoms with Crippen LogP contribution in [0.15, 0.2) is 24.5 Å². The van der Waals surface area contributed by atoms with Gasteiger partial charge in [-0.25, -0.2) is 12.7 Å². The zero-order valence-electron chi connectivity index (χ0n) is 12.8. The number of nitrogens with zero attached hydrogens (tertiary/aromatic N) is 2. The molecule has 0 aromatic carbocycles. The summed E-state index contributed by atoms with van der Waals surface area (Å²) < 4.78 is 26.6. The number of aromatic nitrogens is 1. The van der Waals surface area contributed by atoms with E-state index < -0.39 is 10.0 Å². The Kier molecular flexibility index (Phi) is 5.72. The van der Waals surface area contributed by atoms with Crippen molar-refractivity contribution in [3.05, 3.63) is 30.1 Å². The molecule has 0 amide bonds. The van der Waals surface area contributed by atoms with Gasteiger partial charge in [-0.3, -0.25) is 4.98 Å². The van der Waals surface area contributed by atoms with Crippen LogP contribution >= 0.6 is 0 Å². The van der Waals surface area contributed by atoms with Crippen LogP contribution in [0.25, 0.3) is 0 Å². The molecule has 118 valence electrons. The lowest BCUT2D eigenvalue weighted by atomic mass is 9.95. The minimum Gasteiger partial charge on any atom is -0.314 e. The van der Waals surface area contributed by atoms with E-state index in [-0.39, 0.29) is 5.75 Å². The molecule has 2 rings (SSSR count). The zero-order valence-corrected chi connectivity index (χ0v) is 13.6. The highest BCUT2D eigenvalue weighted by Crippen LogP contribution is 2.20. The van der Waals surface area contributed by atoms with Gasteiger partial charge in [-0.1, -0.05) is 13.8 Å². The summed E-state index contributed by atoms with van der Waals surface area (Å²) in [5, 5.41) is 3.44. The van der Waals surface area contributed by atoms with Gasteiger partial charge >= 0.3 is 0 Å². The minimum atomic E-state index is -3.17. The van der Waals surface area contributed by atoms with Gasteiger partial charge in [-0.05, 0) is 43.0 Å². The van der Waals surface area contributed by atoms with Crippen LogP contribution in [0, 0.1) is 5.92 Å². The molecular formula is C15H25N3O2S. The summed E-state index contributed by atoms with van der Waals surface area (Å²) >= 11 is 0. The molecule has 1 aromatic heterocycles. The van der Waals surface area contributed by atoms with E-state index in [0.29, 0.717) is 31.5 Å². The maximum atomic E-state index is 12.5. The number of nitrogens with one attached hydrogen (secondary N) is 1. The number of rotatable bonds is 6. The third kappa shape index (κ3) is 4.49. The predicted octanol–water partition coefficient (Wildman–Crippen LogP) is 1.27. The van der Waals surface area contributed by atoms with E-state index >= 15 is 0 Å². The Bertz CT molecular complexity index is 533. The molecule has 1 fully saturated rings. The van der Waals surface area contributed by atoms with E-state index in [2.05, 4.69) is 24.1 Å². The van der Waals surface area contributed by atoms with E-state index in [1.807, 2.05) is 12.1 Å². The Morgan fingerprint density at radius 2 is 2.10 bits per heavy atom. The van der Waals surface area contributed by atoms with Crippen molar-refractivity contribution in [2.45, 2.75) is 32.7 Å². The lowest BCUT2D eigenvalue weighted by Crippen LogP contribution is -2.50. The molecule has 2 heterocycles. The van der Waals surface area contributed by atoms with Gasteiger partial charge in [0.25, 0.3) is 0 Å². The van der Waals surface area contributed by atoms with Crippen LogP contribution in [-0.4, -0.2) is 49.1 Å². The van der Waals surface area contributed by atoms with Gasteiger partial charge in [0.05, 0.1) is 5.75 Å². The maximum Gasteiger partial charge on any atom is 0.214 e. The van der Waals surface area contributed by atoms with Gasteiger partial charge in [-0.2, -0.15) is 0 Å². The van der Waals surface area contributed by atoms with Gasteiger partial charge in [0, 0.05) is 31.5 Å². The molecule has 2 atom stereocenters. The Morgan fingerprint density at radius 1 is 1.38 bits per heavy atom. The van der Waals surface area contributed by atoms with Crippen molar-refractivity contribution in [2.75, 3.05) is 25.4 Å². The molecule has 21 heavy (non-hydrogen) atoms. The summed E-state index contributed by atoms with van der Waals surface area (Å²) in [6.45, 7) is 6.39. The van der Waals surface area contributed by atoms with Gasteiger partial charge in [0.2, 0.25) is 10.0 Å². The number of pyridine rings is 1. The van der Waals surface area contributed by atoms with Crippen LogP contribution < -0.4 is 5.32 Å². The fourth-order valence-corrected chi connectivity index (χ4v) is 4.45. The molecule has 0 saturated carbocycles. The number of piperidine rings is 1. The van der Waals surface area contributed by atoms with Crippen LogP contribution in [-0.2, 0) is 16.4 Å². The fraction of sp³-hybridized carbons (Fsp3) is 0.667. The molecule has 1 saturated heterocycles. The number of sulfonamides is 1. The minimum absolute atomic E-state index is 0.176. The Morgan fingerprint density at radius 3 is 2.71 bits per heavy atom. The average Bonchev–Trinajstić information content (AvgIpc) is 2.48. The summed E-state index contributed by atoms with van der Waals surface area (Å²) in [7, 11) is -3.17. The molecule has 6 heteroatoms. The molecule has 0 radical (unpaired) electrons. The third-order valence-electron chi connectivity index (χ3n) is 4.13. The summed E-state index contributed by atoms with van der Waals surface area (Å²) in [6.07, 6.45) is 4.84. The smallest absolute Gasteiger partial charge is 0.214 e. The van der Waals surface area contributed by atoms with Crippen molar-refractivity contribution in [2.24, 2.45) is 5.92 Å². The molecule has 0 aliphatic carbocycles. The van der Waals surface area contributed by atoms with Crippen molar-refractivity contribution in [1.29, 1.82) is 0 Å². The lowest BCUT2D eigenvalue weighted by molar-refractivity contribution is 0.222. The van der Waals surface area contributed by atoms with Crippen LogP contribution in [0.3, 0.4) is 0 Å². The topological polar surface area (TPSA) is 62.3 Å². The van der Waals surface area contributed by atoms with Crippen molar-refractivity contribution < 1.29 is 8.42 Å². The molecule has 0 bridgehead atoms. The van der Waals surface area contributed by atoms with Crippen molar-refractivity contribution in [3.63, 3.8) is 0 Å². The average molecular weight is 311 g/mol. The maximum absolute atomic E-state index is 12.5. The van der Waals surface area contributed by atoms with E-state index in [9.17, 15) is 8.42 Å². The molecule has 0 spiro atoms. The van der Waals surface area contributed by atoms with Crippen LogP contribution in [0.4, 0.5) is 0 Å². The SMILES string of the molecule is CCNC1CCN(S(=O)(=O)CCc2ccncc2)CC1C. The normalized spacial score (nSPS) is 24.1. The largest absolute Gasteiger partial charge is 0.314 e. The predicted molar refractivity (Wildman–Crippen MR) is 84.5 cm³/mol. The first-order valence-electron chi connectivity index (χ1n) is 7.63. The van der Waals surface area contributed by atoms with Crippen LogP contribution in [0.1, 0.15) is 25.8 Å². The van der Waals surface area contributed by atoms with Crippen molar-refractivity contribution in [3.8, 4) is 0 Å². The second-order valence-corrected chi connectivity index (χ2v) is 7.80. The Hall–Kier alpha value is -0.980. The Balaban J connectivity index is 1.91. The molecule has 1 aliphatic rings. The Labute approximate surface area is 127 Å². The van der Waals surface area contributed by atoms with E-state index in [1.54, 1.807) is 16.7 Å². The third-order valence-corrected chi connectivity index (χ3v) is 5.96. The van der Waals surface area contributed by atoms with E-state index in [1.165, 1.54) is 0 Å². The van der Waals surface area contributed by atoms with Crippen molar-refractivity contribution in [1.82, 2.24) is 14.6 Å². The molecule has 1 N–H and O–H groups in total. The van der Waals surface area contributed by atoms with Gasteiger partial charge in [0.1, 0.15) is 0 Å². The van der Waals surface area contributed by atoms with Gasteiger partial charge in [-0.15, -0.1) is 0 Å². The summed E-state index contributed by atoms with van der Waals surface area (Å²) in [5.74, 6) is 0.532. The highest BCUT2D eigenvalue weighted by atomic mass is 32.2. The first kappa shape index (κ1) is 16.4. The molecule has 2 unspecified atom stereocenters. The summed E-state index contributed by atoms with van der Waals surface area (Å²) in [5.41, 5.74) is 1.02. The molecule has 1 aliphatic heterocycles. The monoisotopic (exact) mass is 311 g/mol. The van der Waals surface area contributed by atoms with Gasteiger partial charge < -0.3 is 5.32 Å². The van der Waals surface area contributed by atoms with E-state index in [4.69, 9.17) is 0 Å². The number of aryl methyl sites for hydroxylation is 1. The number of hydrogen-bond donors (Lipinski definition) is 1. The van der Waals surface area contributed by atoms with Crippen molar-refractivity contribution >= 4 is 10.0 Å². The van der Waals surface area contributed by atoms with E-state index in [0.717, 1.165) is 18.5 Å². The first-order chi connectivity index (χ1) is 10.0. The zero-order chi connectivity index (χ0) is 15.3. The standard InChI is InChI=1S/C15H25N3O2S/c1-3-17-15-6-10-18(12-13(15)2)21(19,20)11-7-14-4-8-16-9-5-14/h4-5,8-9,13,15,17H,3,6-7,10-12H2,1-2H3. The molecule has 1 aromatic rings. The second kappa shape index (κ2) is 7.33. The highest BCUT2D eigenvalue weighted by Gasteiger charge is 2.31. The fourth-order valence-electron chi connectivity index (χ4n) is 2.85. The van der Waals surface area contributed by atoms with Crippen LogP contribution in [0.5, 0.6) is 0 Å². The first-order valence-corrected chi connectivity index (χ1v) is 9.24. The summed E-state index contributed by atoms with van der Waals surface area (Å²) in [6, 6.07) is 4.17. The van der Waals surface area contributed by atoms with Crippen LogP contribution in [0.2, 0.25) is 0 Å². The second-order valence-electron chi connectivity index (χ2n) is 5.71. The molecular weight excluding hydrogens is 286 g/mol. The molecule has 5 nitrogen and oxygen atoms in total. The quantitative estimate of drug-likeness (QED) is 0.859. The lowest BCUT2D eigenvalue weighted by Gasteiger charge is -2.36. The highest BCUT2D eigenvalue weighted by molar-refractivity contribution is 7.89. The van der Waals surface area contributed by atoms with Gasteiger partial charge in [0.15, 0.2) is 0 Å².